The number of nitrogens with zero attached hydrogens (tertiary/aromatic N) is 1. The molecule has 2 N–H and O–H groups in total. The van der Waals surface area contributed by atoms with Crippen LogP contribution in [0.4, 0.5) is 0 Å². The molecular weight excluding hydrogens is 178 g/mol. The Balaban J connectivity index is 2.02. The van der Waals surface area contributed by atoms with Gasteiger partial charge in [0.15, 0.2) is 0 Å². The van der Waals surface area contributed by atoms with Crippen LogP contribution in [0.1, 0.15) is 26.2 Å². The molecule has 1 unspecified atom stereocenters. The first-order valence-corrected chi connectivity index (χ1v) is 5.30. The van der Waals surface area contributed by atoms with Crippen molar-refractivity contribution in [1.29, 1.82) is 0 Å². The van der Waals surface area contributed by atoms with Gasteiger partial charge in [0, 0.05) is 6.42 Å². The molecule has 2 aliphatic heterocycles. The van der Waals surface area contributed by atoms with Gasteiger partial charge in [-0.2, -0.15) is 0 Å². The molecule has 0 saturated carbocycles. The predicted octanol–water partition coefficient (Wildman–Crippen LogP) is 0.293. The molecule has 2 heterocycles. The monoisotopic (exact) mass is 195 g/mol. The molecule has 1 saturated heterocycles. The number of aliphatic imine (C=N–C) groups is 1. The first-order valence-electron chi connectivity index (χ1n) is 5.30. The zero-order valence-corrected chi connectivity index (χ0v) is 8.55. The van der Waals surface area contributed by atoms with Crippen LogP contribution < -0.4 is 10.6 Å². The van der Waals surface area contributed by atoms with Crippen molar-refractivity contribution in [3.63, 3.8) is 0 Å². The second-order valence-electron chi connectivity index (χ2n) is 4.12. The summed E-state index contributed by atoms with van der Waals surface area (Å²) in [6.07, 6.45) is 2.87. The Labute approximate surface area is 84.2 Å². The minimum atomic E-state index is 0.126. The minimum absolute atomic E-state index is 0.126. The number of hydrogen-bond acceptors (Lipinski definition) is 3. The van der Waals surface area contributed by atoms with E-state index in [1.165, 1.54) is 0 Å². The van der Waals surface area contributed by atoms with Gasteiger partial charge in [0.25, 0.3) is 0 Å². The Morgan fingerprint density at radius 2 is 2.07 bits per heavy atom. The number of amides is 1. The highest BCUT2D eigenvalue weighted by Crippen LogP contribution is 2.23. The normalized spacial score (nSPS) is 29.6. The summed E-state index contributed by atoms with van der Waals surface area (Å²) < 4.78 is 0. The molecule has 0 aromatic carbocycles. The molecule has 0 spiro atoms. The van der Waals surface area contributed by atoms with E-state index in [9.17, 15) is 4.79 Å². The lowest BCUT2D eigenvalue weighted by molar-refractivity contribution is -0.120. The van der Waals surface area contributed by atoms with E-state index in [0.717, 1.165) is 31.8 Å². The van der Waals surface area contributed by atoms with Crippen LogP contribution in [0.15, 0.2) is 4.99 Å². The van der Waals surface area contributed by atoms with E-state index in [1.54, 1.807) is 0 Å². The SMILES string of the molecule is CC1=NC(C2CCNCC2)CC(=O)N1. The van der Waals surface area contributed by atoms with Crippen LogP contribution in [0.5, 0.6) is 0 Å². The third-order valence-electron chi connectivity index (χ3n) is 3.00. The van der Waals surface area contributed by atoms with Gasteiger partial charge >= 0.3 is 0 Å². The summed E-state index contributed by atoms with van der Waals surface area (Å²) in [5.74, 6) is 1.50. The molecule has 4 heteroatoms. The van der Waals surface area contributed by atoms with Crippen molar-refractivity contribution in [1.82, 2.24) is 10.6 Å². The van der Waals surface area contributed by atoms with Gasteiger partial charge in [0.05, 0.1) is 6.04 Å². The van der Waals surface area contributed by atoms with E-state index >= 15 is 0 Å². The van der Waals surface area contributed by atoms with Gasteiger partial charge in [-0.1, -0.05) is 0 Å². The predicted molar refractivity (Wildman–Crippen MR) is 55.3 cm³/mol. The molecule has 2 aliphatic rings. The van der Waals surface area contributed by atoms with Gasteiger partial charge in [-0.05, 0) is 38.8 Å². The number of carbonyl (C=O) groups is 1. The number of rotatable bonds is 1. The second kappa shape index (κ2) is 4.09. The van der Waals surface area contributed by atoms with Crippen molar-refractivity contribution in [3.05, 3.63) is 0 Å². The summed E-state index contributed by atoms with van der Waals surface area (Å²) in [5, 5.41) is 6.07. The van der Waals surface area contributed by atoms with Crippen LogP contribution in [-0.4, -0.2) is 30.9 Å². The molecule has 0 aromatic rings. The lowest BCUT2D eigenvalue weighted by Gasteiger charge is -2.30. The molecule has 1 amide bonds. The molecule has 14 heavy (non-hydrogen) atoms. The number of piperidine rings is 1. The van der Waals surface area contributed by atoms with Gasteiger partial charge in [0.2, 0.25) is 5.91 Å². The number of nitrogens with one attached hydrogen (secondary N) is 2. The zero-order valence-electron chi connectivity index (χ0n) is 8.55. The van der Waals surface area contributed by atoms with E-state index in [1.807, 2.05) is 6.92 Å². The topological polar surface area (TPSA) is 53.5 Å². The summed E-state index contributed by atoms with van der Waals surface area (Å²) in [7, 11) is 0. The Morgan fingerprint density at radius 3 is 2.71 bits per heavy atom. The first-order chi connectivity index (χ1) is 6.75. The van der Waals surface area contributed by atoms with Gasteiger partial charge in [-0.3, -0.25) is 9.79 Å². The van der Waals surface area contributed by atoms with Gasteiger partial charge in [0.1, 0.15) is 5.84 Å². The molecule has 0 aromatic heterocycles. The van der Waals surface area contributed by atoms with Crippen molar-refractivity contribution in [3.8, 4) is 0 Å². The fraction of sp³-hybridized carbons (Fsp3) is 0.800. The van der Waals surface area contributed by atoms with Crippen LogP contribution in [-0.2, 0) is 4.79 Å². The summed E-state index contributed by atoms with van der Waals surface area (Å²) >= 11 is 0. The Hall–Kier alpha value is -0.900. The van der Waals surface area contributed by atoms with Crippen molar-refractivity contribution in [2.75, 3.05) is 13.1 Å². The largest absolute Gasteiger partial charge is 0.317 e. The molecule has 0 aliphatic carbocycles. The summed E-state index contributed by atoms with van der Waals surface area (Å²) in [6.45, 7) is 4.00. The number of amidine groups is 1. The second-order valence-corrected chi connectivity index (χ2v) is 4.12. The average Bonchev–Trinajstić information content (AvgIpc) is 2.18. The van der Waals surface area contributed by atoms with Crippen LogP contribution >= 0.6 is 0 Å². The van der Waals surface area contributed by atoms with Crippen molar-refractivity contribution in [2.45, 2.75) is 32.2 Å². The molecule has 78 valence electrons. The maximum absolute atomic E-state index is 11.3. The lowest BCUT2D eigenvalue weighted by atomic mass is 9.88. The Bertz CT molecular complexity index is 256. The van der Waals surface area contributed by atoms with E-state index in [4.69, 9.17) is 0 Å². The average molecular weight is 195 g/mol. The highest BCUT2D eigenvalue weighted by atomic mass is 16.1. The number of carbonyl (C=O) groups excluding carboxylic acids is 1. The fourth-order valence-electron chi connectivity index (χ4n) is 2.27. The zero-order chi connectivity index (χ0) is 9.97. The maximum Gasteiger partial charge on any atom is 0.227 e. The van der Waals surface area contributed by atoms with Crippen LogP contribution in [0.2, 0.25) is 0 Å². The highest BCUT2D eigenvalue weighted by Gasteiger charge is 2.27. The Morgan fingerprint density at radius 1 is 1.36 bits per heavy atom. The highest BCUT2D eigenvalue weighted by molar-refractivity contribution is 5.99. The van der Waals surface area contributed by atoms with Crippen molar-refractivity contribution < 1.29 is 4.79 Å². The standard InChI is InChI=1S/C10H17N3O/c1-7-12-9(6-10(14)13-7)8-2-4-11-5-3-8/h8-9,11H,2-6H2,1H3,(H,12,13,14). The van der Waals surface area contributed by atoms with Crippen molar-refractivity contribution in [2.24, 2.45) is 10.9 Å². The molecule has 1 atom stereocenters. The fourth-order valence-corrected chi connectivity index (χ4v) is 2.27. The molecule has 4 nitrogen and oxygen atoms in total. The Kier molecular flexibility index (Phi) is 2.82. The summed E-state index contributed by atoms with van der Waals surface area (Å²) in [6, 6.07) is 0.228. The molecule has 2 rings (SSSR count). The lowest BCUT2D eigenvalue weighted by Crippen LogP contribution is -2.42. The maximum atomic E-state index is 11.3. The van der Waals surface area contributed by atoms with Crippen molar-refractivity contribution >= 4 is 11.7 Å². The first kappa shape index (κ1) is 9.65. The molecule has 0 bridgehead atoms. The summed E-state index contributed by atoms with van der Waals surface area (Å²) in [4.78, 5) is 15.8. The molecule has 0 radical (unpaired) electrons. The summed E-state index contributed by atoms with van der Waals surface area (Å²) in [5.41, 5.74) is 0. The minimum Gasteiger partial charge on any atom is -0.317 e. The van der Waals surface area contributed by atoms with E-state index in [2.05, 4.69) is 15.6 Å². The van der Waals surface area contributed by atoms with Gasteiger partial charge < -0.3 is 10.6 Å². The van der Waals surface area contributed by atoms with Crippen LogP contribution in [0.25, 0.3) is 0 Å². The third-order valence-corrected chi connectivity index (χ3v) is 3.00. The number of hydrogen-bond donors (Lipinski definition) is 2. The molecular formula is C10H17N3O. The smallest absolute Gasteiger partial charge is 0.227 e. The quantitative estimate of drug-likeness (QED) is 0.632. The van der Waals surface area contributed by atoms with Gasteiger partial charge in [-0.25, -0.2) is 0 Å². The third kappa shape index (κ3) is 2.12. The van der Waals surface area contributed by atoms with Crippen LogP contribution in [0.3, 0.4) is 0 Å². The van der Waals surface area contributed by atoms with E-state index in [-0.39, 0.29) is 11.9 Å². The van der Waals surface area contributed by atoms with Crippen LogP contribution in [0, 0.1) is 5.92 Å². The van der Waals surface area contributed by atoms with Gasteiger partial charge in [-0.15, -0.1) is 0 Å². The van der Waals surface area contributed by atoms with E-state index in [0.29, 0.717) is 12.3 Å². The molecule has 1 fully saturated rings. The van der Waals surface area contributed by atoms with E-state index < -0.39 is 0 Å².